The summed E-state index contributed by atoms with van der Waals surface area (Å²) in [4.78, 5) is 11.6. The molecular formula is C14H22N2O2. The number of hydrogen-bond acceptors (Lipinski definition) is 3. The van der Waals surface area contributed by atoms with E-state index in [0.29, 0.717) is 32.7 Å². The van der Waals surface area contributed by atoms with Crippen molar-refractivity contribution in [2.75, 3.05) is 26.3 Å². The fourth-order valence-corrected chi connectivity index (χ4v) is 1.54. The monoisotopic (exact) mass is 250 g/mol. The van der Waals surface area contributed by atoms with E-state index in [2.05, 4.69) is 5.32 Å². The number of carbonyl (C=O) groups is 1. The quantitative estimate of drug-likeness (QED) is 0.677. The molecule has 4 heteroatoms. The third-order valence-electron chi connectivity index (χ3n) is 2.54. The Morgan fingerprint density at radius 2 is 2.00 bits per heavy atom. The number of rotatable bonds is 8. The van der Waals surface area contributed by atoms with E-state index in [-0.39, 0.29) is 5.91 Å². The molecule has 4 nitrogen and oxygen atoms in total. The molecule has 1 aromatic carbocycles. The zero-order valence-corrected chi connectivity index (χ0v) is 10.9. The van der Waals surface area contributed by atoms with E-state index in [4.69, 9.17) is 10.5 Å². The summed E-state index contributed by atoms with van der Waals surface area (Å²) >= 11 is 0. The number of nitrogens with one attached hydrogen (secondary N) is 1. The van der Waals surface area contributed by atoms with Gasteiger partial charge in [-0.05, 0) is 18.9 Å². The maximum absolute atomic E-state index is 11.6. The molecule has 0 aliphatic heterocycles. The van der Waals surface area contributed by atoms with Crippen molar-refractivity contribution in [3.8, 4) is 0 Å². The second-order valence-electron chi connectivity index (χ2n) is 4.27. The predicted octanol–water partition coefficient (Wildman–Crippen LogP) is 1.02. The van der Waals surface area contributed by atoms with Crippen molar-refractivity contribution < 1.29 is 9.53 Å². The van der Waals surface area contributed by atoms with Crippen molar-refractivity contribution in [3.63, 3.8) is 0 Å². The molecule has 0 aliphatic rings. The van der Waals surface area contributed by atoms with Crippen LogP contribution in [0.4, 0.5) is 0 Å². The van der Waals surface area contributed by atoms with Gasteiger partial charge in [0.2, 0.25) is 5.91 Å². The molecule has 1 aromatic rings. The highest BCUT2D eigenvalue weighted by Gasteiger charge is 2.02. The number of amides is 1. The summed E-state index contributed by atoms with van der Waals surface area (Å²) in [5.74, 6) is 0.0534. The van der Waals surface area contributed by atoms with E-state index in [1.165, 1.54) is 5.56 Å². The van der Waals surface area contributed by atoms with Crippen LogP contribution in [0.5, 0.6) is 0 Å². The Hall–Kier alpha value is -1.39. The molecule has 0 spiro atoms. The van der Waals surface area contributed by atoms with Gasteiger partial charge in [0.25, 0.3) is 0 Å². The van der Waals surface area contributed by atoms with Gasteiger partial charge < -0.3 is 15.8 Å². The van der Waals surface area contributed by atoms with Crippen LogP contribution in [0, 0.1) is 6.92 Å². The number of benzene rings is 1. The molecule has 0 atom stereocenters. The number of hydrogen-bond donors (Lipinski definition) is 2. The molecule has 18 heavy (non-hydrogen) atoms. The minimum atomic E-state index is 0.0534. The molecule has 0 aromatic heterocycles. The molecule has 3 N–H and O–H groups in total. The van der Waals surface area contributed by atoms with E-state index >= 15 is 0 Å². The molecule has 0 bridgehead atoms. The number of aryl methyl sites for hydroxylation is 1. The summed E-state index contributed by atoms with van der Waals surface area (Å²) in [5.41, 5.74) is 7.54. The van der Waals surface area contributed by atoms with Gasteiger partial charge in [-0.1, -0.05) is 29.8 Å². The van der Waals surface area contributed by atoms with Crippen LogP contribution in [0.3, 0.4) is 0 Å². The van der Waals surface area contributed by atoms with Crippen LogP contribution in [-0.4, -0.2) is 32.2 Å². The van der Waals surface area contributed by atoms with Gasteiger partial charge in [0.05, 0.1) is 13.0 Å². The average Bonchev–Trinajstić information content (AvgIpc) is 2.36. The zero-order chi connectivity index (χ0) is 13.2. The highest BCUT2D eigenvalue weighted by Crippen LogP contribution is 2.03. The fraction of sp³-hybridized carbons (Fsp3) is 0.500. The molecule has 0 unspecified atom stereocenters. The fourth-order valence-electron chi connectivity index (χ4n) is 1.54. The molecule has 1 rings (SSSR count). The molecule has 0 heterocycles. The largest absolute Gasteiger partial charge is 0.380 e. The lowest BCUT2D eigenvalue weighted by Gasteiger charge is -2.06. The van der Waals surface area contributed by atoms with Crippen LogP contribution < -0.4 is 11.1 Å². The second kappa shape index (κ2) is 8.66. The van der Waals surface area contributed by atoms with Crippen LogP contribution in [0.2, 0.25) is 0 Å². The number of ether oxygens (including phenoxy) is 1. The zero-order valence-electron chi connectivity index (χ0n) is 10.9. The van der Waals surface area contributed by atoms with Crippen molar-refractivity contribution >= 4 is 5.91 Å². The minimum absolute atomic E-state index is 0.0534. The third-order valence-corrected chi connectivity index (χ3v) is 2.54. The Morgan fingerprint density at radius 3 is 2.67 bits per heavy atom. The normalized spacial score (nSPS) is 10.3. The third kappa shape index (κ3) is 6.37. The van der Waals surface area contributed by atoms with Crippen molar-refractivity contribution in [2.24, 2.45) is 5.73 Å². The highest BCUT2D eigenvalue weighted by atomic mass is 16.5. The van der Waals surface area contributed by atoms with Crippen LogP contribution in [0.15, 0.2) is 24.3 Å². The van der Waals surface area contributed by atoms with Crippen LogP contribution in [0.25, 0.3) is 0 Å². The van der Waals surface area contributed by atoms with Gasteiger partial charge in [0.1, 0.15) is 0 Å². The SMILES string of the molecule is Cc1ccc(CC(=O)NCCCOCCN)cc1. The summed E-state index contributed by atoms with van der Waals surface area (Å²) in [5, 5.41) is 2.87. The van der Waals surface area contributed by atoms with Gasteiger partial charge in [-0.25, -0.2) is 0 Å². The second-order valence-corrected chi connectivity index (χ2v) is 4.27. The van der Waals surface area contributed by atoms with Crippen LogP contribution >= 0.6 is 0 Å². The molecule has 100 valence electrons. The summed E-state index contributed by atoms with van der Waals surface area (Å²) in [6.45, 7) is 4.44. The minimum Gasteiger partial charge on any atom is -0.380 e. The summed E-state index contributed by atoms with van der Waals surface area (Å²) in [6.07, 6.45) is 1.25. The van der Waals surface area contributed by atoms with Crippen LogP contribution in [-0.2, 0) is 16.0 Å². The molecule has 0 radical (unpaired) electrons. The molecule has 0 aliphatic carbocycles. The first-order valence-electron chi connectivity index (χ1n) is 6.32. The van der Waals surface area contributed by atoms with E-state index in [1.807, 2.05) is 31.2 Å². The standard InChI is InChI=1S/C14H22N2O2/c1-12-3-5-13(6-4-12)11-14(17)16-8-2-9-18-10-7-15/h3-6H,2,7-11,15H2,1H3,(H,16,17). The van der Waals surface area contributed by atoms with E-state index in [1.54, 1.807) is 0 Å². The van der Waals surface area contributed by atoms with Crippen molar-refractivity contribution in [1.82, 2.24) is 5.32 Å². The average molecular weight is 250 g/mol. The molecule has 0 saturated heterocycles. The molecular weight excluding hydrogens is 228 g/mol. The first kappa shape index (κ1) is 14.7. The smallest absolute Gasteiger partial charge is 0.224 e. The Kier molecular flexibility index (Phi) is 7.06. The Balaban J connectivity index is 2.12. The van der Waals surface area contributed by atoms with Gasteiger partial charge in [-0.15, -0.1) is 0 Å². The Labute approximate surface area is 109 Å². The Morgan fingerprint density at radius 1 is 1.28 bits per heavy atom. The lowest BCUT2D eigenvalue weighted by molar-refractivity contribution is -0.120. The topological polar surface area (TPSA) is 64.3 Å². The summed E-state index contributed by atoms with van der Waals surface area (Å²) in [7, 11) is 0. The highest BCUT2D eigenvalue weighted by molar-refractivity contribution is 5.78. The van der Waals surface area contributed by atoms with Gasteiger partial charge in [0.15, 0.2) is 0 Å². The first-order chi connectivity index (χ1) is 8.72. The first-order valence-corrected chi connectivity index (χ1v) is 6.32. The van der Waals surface area contributed by atoms with E-state index in [0.717, 1.165) is 12.0 Å². The number of carbonyl (C=O) groups excluding carboxylic acids is 1. The lowest BCUT2D eigenvalue weighted by Crippen LogP contribution is -2.27. The Bertz CT molecular complexity index is 349. The lowest BCUT2D eigenvalue weighted by atomic mass is 10.1. The number of nitrogens with two attached hydrogens (primary N) is 1. The van der Waals surface area contributed by atoms with Gasteiger partial charge in [0, 0.05) is 19.7 Å². The van der Waals surface area contributed by atoms with Crippen molar-refractivity contribution in [2.45, 2.75) is 19.8 Å². The molecule has 0 saturated carbocycles. The molecule has 1 amide bonds. The van der Waals surface area contributed by atoms with E-state index < -0.39 is 0 Å². The summed E-state index contributed by atoms with van der Waals surface area (Å²) < 4.78 is 5.22. The van der Waals surface area contributed by atoms with Gasteiger partial charge >= 0.3 is 0 Å². The van der Waals surface area contributed by atoms with Gasteiger partial charge in [-0.2, -0.15) is 0 Å². The van der Waals surface area contributed by atoms with Crippen molar-refractivity contribution in [3.05, 3.63) is 35.4 Å². The van der Waals surface area contributed by atoms with E-state index in [9.17, 15) is 4.79 Å². The maximum Gasteiger partial charge on any atom is 0.224 e. The molecule has 0 fully saturated rings. The maximum atomic E-state index is 11.6. The van der Waals surface area contributed by atoms with Crippen LogP contribution in [0.1, 0.15) is 17.5 Å². The predicted molar refractivity (Wildman–Crippen MR) is 72.4 cm³/mol. The van der Waals surface area contributed by atoms with Gasteiger partial charge in [-0.3, -0.25) is 4.79 Å². The van der Waals surface area contributed by atoms with Crippen molar-refractivity contribution in [1.29, 1.82) is 0 Å². The summed E-state index contributed by atoms with van der Waals surface area (Å²) in [6, 6.07) is 8.01.